The number of hydrogen-bond donors (Lipinski definition) is 2. The molecule has 110 valence electrons. The number of anilines is 2. The van der Waals surface area contributed by atoms with E-state index in [1.807, 2.05) is 0 Å². The van der Waals surface area contributed by atoms with Crippen molar-refractivity contribution in [2.75, 3.05) is 25.3 Å². The highest BCUT2D eigenvalue weighted by atomic mass is 35.5. The number of carbonyl (C=O) groups is 1. The molecule has 2 rings (SSSR count). The van der Waals surface area contributed by atoms with Crippen LogP contribution in [0.1, 0.15) is 10.4 Å². The number of halogens is 1. The monoisotopic (exact) mass is 306 g/mol. The first-order valence-electron chi connectivity index (χ1n) is 6.13. The van der Waals surface area contributed by atoms with E-state index in [0.717, 1.165) is 0 Å². The number of hydrogen-bond acceptors (Lipinski definition) is 4. The van der Waals surface area contributed by atoms with E-state index in [9.17, 15) is 4.79 Å². The highest BCUT2D eigenvalue weighted by Crippen LogP contribution is 2.28. The van der Waals surface area contributed by atoms with Gasteiger partial charge in [-0.05, 0) is 36.4 Å². The fourth-order valence-electron chi connectivity index (χ4n) is 1.85. The molecule has 2 aromatic rings. The third-order valence-electron chi connectivity index (χ3n) is 2.88. The number of ether oxygens (including phenoxy) is 2. The zero-order valence-corrected chi connectivity index (χ0v) is 12.4. The second-order valence-electron chi connectivity index (χ2n) is 4.26. The van der Waals surface area contributed by atoms with Gasteiger partial charge in [0.15, 0.2) is 0 Å². The van der Waals surface area contributed by atoms with Crippen LogP contribution < -0.4 is 20.5 Å². The van der Waals surface area contributed by atoms with Crippen LogP contribution in [-0.4, -0.2) is 20.1 Å². The normalized spacial score (nSPS) is 10.0. The maximum Gasteiger partial charge on any atom is 0.259 e. The Bertz CT molecular complexity index is 674. The number of nitrogens with two attached hydrogens (primary N) is 1. The predicted molar refractivity (Wildman–Crippen MR) is 83.4 cm³/mol. The minimum atomic E-state index is -0.333. The number of benzene rings is 2. The van der Waals surface area contributed by atoms with E-state index in [4.69, 9.17) is 26.8 Å². The molecule has 0 unspecified atom stereocenters. The lowest BCUT2D eigenvalue weighted by molar-refractivity contribution is 0.102. The van der Waals surface area contributed by atoms with Gasteiger partial charge in [0.05, 0.1) is 24.8 Å². The predicted octanol–water partition coefficient (Wildman–Crippen LogP) is 3.19. The van der Waals surface area contributed by atoms with Gasteiger partial charge in [0.1, 0.15) is 11.5 Å². The van der Waals surface area contributed by atoms with Crippen LogP contribution in [0.4, 0.5) is 11.4 Å². The van der Waals surface area contributed by atoms with Crippen molar-refractivity contribution in [2.24, 2.45) is 0 Å². The fourth-order valence-corrected chi connectivity index (χ4v) is 2.10. The number of amides is 1. The maximum atomic E-state index is 12.3. The van der Waals surface area contributed by atoms with E-state index in [-0.39, 0.29) is 5.91 Å². The second-order valence-corrected chi connectivity index (χ2v) is 4.67. The first kappa shape index (κ1) is 15.0. The van der Waals surface area contributed by atoms with E-state index in [0.29, 0.717) is 33.5 Å². The molecule has 0 fully saturated rings. The smallest absolute Gasteiger partial charge is 0.259 e. The minimum Gasteiger partial charge on any atom is -0.496 e. The molecule has 0 spiro atoms. The Morgan fingerprint density at radius 1 is 1.10 bits per heavy atom. The van der Waals surface area contributed by atoms with E-state index in [1.54, 1.807) is 36.4 Å². The van der Waals surface area contributed by atoms with Crippen molar-refractivity contribution in [3.05, 3.63) is 47.0 Å². The summed E-state index contributed by atoms with van der Waals surface area (Å²) in [6.07, 6.45) is 0. The molecule has 0 bridgehead atoms. The minimum absolute atomic E-state index is 0.333. The molecule has 0 radical (unpaired) electrons. The highest BCUT2D eigenvalue weighted by molar-refractivity contribution is 6.32. The van der Waals surface area contributed by atoms with Crippen LogP contribution in [0.15, 0.2) is 36.4 Å². The van der Waals surface area contributed by atoms with E-state index >= 15 is 0 Å². The van der Waals surface area contributed by atoms with Gasteiger partial charge in [-0.3, -0.25) is 4.79 Å². The SMILES string of the molecule is COc1ccc(NC(=O)c2cc(N)ccc2OC)cc1Cl. The lowest BCUT2D eigenvalue weighted by atomic mass is 10.1. The van der Waals surface area contributed by atoms with Gasteiger partial charge in [0.2, 0.25) is 0 Å². The molecule has 0 aromatic heterocycles. The van der Waals surface area contributed by atoms with Gasteiger partial charge in [0, 0.05) is 11.4 Å². The molecule has 0 aliphatic carbocycles. The van der Waals surface area contributed by atoms with Crippen LogP contribution in [0.3, 0.4) is 0 Å². The average molecular weight is 307 g/mol. The Balaban J connectivity index is 2.26. The number of nitrogen functional groups attached to an aromatic ring is 1. The van der Waals surface area contributed by atoms with Gasteiger partial charge >= 0.3 is 0 Å². The molecule has 0 heterocycles. The Hall–Kier alpha value is -2.40. The van der Waals surface area contributed by atoms with Crippen molar-refractivity contribution in [2.45, 2.75) is 0 Å². The van der Waals surface area contributed by atoms with Crippen molar-refractivity contribution in [1.82, 2.24) is 0 Å². The van der Waals surface area contributed by atoms with Gasteiger partial charge < -0.3 is 20.5 Å². The van der Waals surface area contributed by atoms with Crippen LogP contribution in [0.2, 0.25) is 5.02 Å². The summed E-state index contributed by atoms with van der Waals surface area (Å²) in [5, 5.41) is 3.15. The Kier molecular flexibility index (Phi) is 4.55. The molecule has 21 heavy (non-hydrogen) atoms. The largest absolute Gasteiger partial charge is 0.496 e. The Morgan fingerprint density at radius 3 is 2.38 bits per heavy atom. The van der Waals surface area contributed by atoms with Gasteiger partial charge in [-0.2, -0.15) is 0 Å². The van der Waals surface area contributed by atoms with Crippen LogP contribution in [0.5, 0.6) is 11.5 Å². The van der Waals surface area contributed by atoms with Gasteiger partial charge in [-0.15, -0.1) is 0 Å². The van der Waals surface area contributed by atoms with Crippen LogP contribution in [-0.2, 0) is 0 Å². The Labute approximate surface area is 127 Å². The molecule has 2 aromatic carbocycles. The van der Waals surface area contributed by atoms with E-state index in [1.165, 1.54) is 14.2 Å². The summed E-state index contributed by atoms with van der Waals surface area (Å²) in [7, 11) is 3.02. The van der Waals surface area contributed by atoms with Gasteiger partial charge in [-0.1, -0.05) is 11.6 Å². The summed E-state index contributed by atoms with van der Waals surface area (Å²) in [5.74, 6) is 0.651. The summed E-state index contributed by atoms with van der Waals surface area (Å²) in [5.41, 5.74) is 7.08. The van der Waals surface area contributed by atoms with Crippen LogP contribution in [0, 0.1) is 0 Å². The zero-order chi connectivity index (χ0) is 15.4. The third-order valence-corrected chi connectivity index (χ3v) is 3.17. The maximum absolute atomic E-state index is 12.3. The van der Waals surface area contributed by atoms with Crippen molar-refractivity contribution >= 4 is 28.9 Å². The molecule has 0 atom stereocenters. The number of rotatable bonds is 4. The standard InChI is InChI=1S/C15H15ClN2O3/c1-20-13-5-3-9(17)7-11(13)15(19)18-10-4-6-14(21-2)12(16)8-10/h3-8H,17H2,1-2H3,(H,18,19). The number of methoxy groups -OCH3 is 2. The summed E-state index contributed by atoms with van der Waals surface area (Å²) in [4.78, 5) is 12.3. The molecule has 0 aliphatic heterocycles. The summed E-state index contributed by atoms with van der Waals surface area (Å²) < 4.78 is 10.2. The quantitative estimate of drug-likeness (QED) is 0.851. The second kappa shape index (κ2) is 6.37. The van der Waals surface area contributed by atoms with Crippen LogP contribution >= 0.6 is 11.6 Å². The van der Waals surface area contributed by atoms with E-state index in [2.05, 4.69) is 5.32 Å². The molecular formula is C15H15ClN2O3. The van der Waals surface area contributed by atoms with Crippen molar-refractivity contribution in [3.63, 3.8) is 0 Å². The molecule has 3 N–H and O–H groups in total. The van der Waals surface area contributed by atoms with Crippen LogP contribution in [0.25, 0.3) is 0 Å². The van der Waals surface area contributed by atoms with Gasteiger partial charge in [-0.25, -0.2) is 0 Å². The first-order chi connectivity index (χ1) is 10.0. The van der Waals surface area contributed by atoms with Crippen molar-refractivity contribution in [3.8, 4) is 11.5 Å². The zero-order valence-electron chi connectivity index (χ0n) is 11.6. The highest BCUT2D eigenvalue weighted by Gasteiger charge is 2.13. The molecule has 0 saturated carbocycles. The number of carbonyl (C=O) groups excluding carboxylic acids is 1. The third kappa shape index (κ3) is 3.38. The van der Waals surface area contributed by atoms with Gasteiger partial charge in [0.25, 0.3) is 5.91 Å². The average Bonchev–Trinajstić information content (AvgIpc) is 2.47. The Morgan fingerprint density at radius 2 is 1.76 bits per heavy atom. The molecule has 1 amide bonds. The lowest BCUT2D eigenvalue weighted by Gasteiger charge is -2.11. The molecule has 5 nitrogen and oxygen atoms in total. The molecule has 6 heteroatoms. The molecular weight excluding hydrogens is 292 g/mol. The topological polar surface area (TPSA) is 73.6 Å². The van der Waals surface area contributed by atoms with E-state index < -0.39 is 0 Å². The summed E-state index contributed by atoms with van der Waals surface area (Å²) in [6, 6.07) is 9.84. The summed E-state index contributed by atoms with van der Waals surface area (Å²) in [6.45, 7) is 0. The molecule has 0 aliphatic rings. The lowest BCUT2D eigenvalue weighted by Crippen LogP contribution is -2.13. The number of nitrogens with one attached hydrogen (secondary N) is 1. The first-order valence-corrected chi connectivity index (χ1v) is 6.51. The fraction of sp³-hybridized carbons (Fsp3) is 0.133. The van der Waals surface area contributed by atoms with Crippen molar-refractivity contribution in [1.29, 1.82) is 0 Å². The van der Waals surface area contributed by atoms with Crippen molar-refractivity contribution < 1.29 is 14.3 Å². The summed E-state index contributed by atoms with van der Waals surface area (Å²) >= 11 is 6.02. The molecule has 0 saturated heterocycles.